The normalized spacial score (nSPS) is 22.4. The Balaban J connectivity index is 2.28. The summed E-state index contributed by atoms with van der Waals surface area (Å²) < 4.78 is 0. The summed E-state index contributed by atoms with van der Waals surface area (Å²) in [5, 5.41) is 9.41. The number of nitrogens with two attached hydrogens (primary N) is 1. The van der Waals surface area contributed by atoms with Gasteiger partial charge in [0.15, 0.2) is 5.13 Å². The predicted octanol–water partition coefficient (Wildman–Crippen LogP) is 1.02. The summed E-state index contributed by atoms with van der Waals surface area (Å²) in [6.45, 7) is 2.06. The zero-order valence-electron chi connectivity index (χ0n) is 8.03. The van der Waals surface area contributed by atoms with Gasteiger partial charge in [0.25, 0.3) is 0 Å². The van der Waals surface area contributed by atoms with Gasteiger partial charge in [0, 0.05) is 12.5 Å². The molecule has 74 valence electrons. The fraction of sp³-hybridized carbons (Fsp3) is 0.556. The highest BCUT2D eigenvalue weighted by Crippen LogP contribution is 2.31. The molecule has 1 aromatic rings. The van der Waals surface area contributed by atoms with Crippen molar-refractivity contribution in [2.24, 2.45) is 0 Å². The van der Waals surface area contributed by atoms with Crippen molar-refractivity contribution in [1.82, 2.24) is 9.88 Å². The monoisotopic (exact) mass is 208 g/mol. The Morgan fingerprint density at radius 2 is 2.50 bits per heavy atom. The van der Waals surface area contributed by atoms with Crippen LogP contribution in [0.5, 0.6) is 0 Å². The highest BCUT2D eigenvalue weighted by Gasteiger charge is 2.26. The molecule has 1 atom stereocenters. The van der Waals surface area contributed by atoms with Gasteiger partial charge >= 0.3 is 0 Å². The highest BCUT2D eigenvalue weighted by atomic mass is 32.1. The Hall–Kier alpha value is -1.12. The van der Waals surface area contributed by atoms with E-state index in [-0.39, 0.29) is 0 Å². The number of rotatable bonds is 1. The van der Waals surface area contributed by atoms with Crippen LogP contribution < -0.4 is 5.73 Å². The molecule has 2 N–H and O–H groups in total. The van der Waals surface area contributed by atoms with E-state index >= 15 is 0 Å². The molecule has 0 bridgehead atoms. The molecule has 0 aliphatic carbocycles. The van der Waals surface area contributed by atoms with Gasteiger partial charge in [-0.3, -0.25) is 0 Å². The zero-order valence-corrected chi connectivity index (χ0v) is 8.84. The third-order valence-corrected chi connectivity index (χ3v) is 3.35. The van der Waals surface area contributed by atoms with Gasteiger partial charge < -0.3 is 10.6 Å². The van der Waals surface area contributed by atoms with Crippen molar-refractivity contribution in [2.45, 2.75) is 12.3 Å². The Morgan fingerprint density at radius 3 is 3.07 bits per heavy atom. The zero-order chi connectivity index (χ0) is 10.1. The lowest BCUT2D eigenvalue weighted by Gasteiger charge is -2.07. The van der Waals surface area contributed by atoms with E-state index in [1.54, 1.807) is 0 Å². The van der Waals surface area contributed by atoms with Crippen molar-refractivity contribution in [3.05, 3.63) is 10.6 Å². The number of nitrogen functional groups attached to an aromatic ring is 1. The predicted molar refractivity (Wildman–Crippen MR) is 56.1 cm³/mol. The summed E-state index contributed by atoms with van der Waals surface area (Å²) >= 11 is 1.29. The van der Waals surface area contributed by atoms with E-state index in [1.807, 2.05) is 0 Å². The number of nitrogens with zero attached hydrogens (tertiary/aromatic N) is 3. The number of aromatic nitrogens is 1. The average molecular weight is 208 g/mol. The number of likely N-dealkylation sites (tertiary alicyclic amines) is 1. The van der Waals surface area contributed by atoms with Gasteiger partial charge in [-0.05, 0) is 20.0 Å². The number of thiazole rings is 1. The first-order valence-corrected chi connectivity index (χ1v) is 5.37. The Morgan fingerprint density at radius 1 is 1.71 bits per heavy atom. The van der Waals surface area contributed by atoms with Gasteiger partial charge in [-0.15, -0.1) is 0 Å². The molecule has 1 aliphatic rings. The standard InChI is InChI=1S/C9H12N4S/c1-13-3-2-6(5-13)8-7(4-10)14-9(11)12-8/h6H,2-3,5H2,1H3,(H2,11,12). The van der Waals surface area contributed by atoms with E-state index in [1.165, 1.54) is 11.3 Å². The van der Waals surface area contributed by atoms with Crippen LogP contribution in [0.25, 0.3) is 0 Å². The maximum absolute atomic E-state index is 8.91. The Labute approximate surface area is 87.0 Å². The first kappa shape index (κ1) is 9.44. The van der Waals surface area contributed by atoms with Crippen molar-refractivity contribution < 1.29 is 0 Å². The number of nitriles is 1. The highest BCUT2D eigenvalue weighted by molar-refractivity contribution is 7.16. The quantitative estimate of drug-likeness (QED) is 0.748. The minimum atomic E-state index is 0.392. The van der Waals surface area contributed by atoms with Crippen LogP contribution in [0.2, 0.25) is 0 Å². The second-order valence-corrected chi connectivity index (χ2v) is 4.66. The maximum Gasteiger partial charge on any atom is 0.181 e. The van der Waals surface area contributed by atoms with E-state index in [0.717, 1.165) is 25.2 Å². The molecule has 1 fully saturated rings. The molecule has 0 amide bonds. The van der Waals surface area contributed by atoms with Crippen molar-refractivity contribution in [1.29, 1.82) is 5.26 Å². The summed E-state index contributed by atoms with van der Waals surface area (Å²) in [6, 6.07) is 2.17. The second-order valence-electron chi connectivity index (χ2n) is 3.63. The van der Waals surface area contributed by atoms with E-state index < -0.39 is 0 Å². The third-order valence-electron chi connectivity index (χ3n) is 2.55. The number of likely N-dealkylation sites (N-methyl/N-ethyl adjacent to an activating group) is 1. The summed E-state index contributed by atoms with van der Waals surface area (Å²) in [7, 11) is 2.09. The Bertz CT molecular complexity index is 379. The van der Waals surface area contributed by atoms with Gasteiger partial charge in [0.2, 0.25) is 0 Å². The molecule has 0 spiro atoms. The van der Waals surface area contributed by atoms with E-state index in [0.29, 0.717) is 15.9 Å². The second kappa shape index (κ2) is 3.56. The lowest BCUT2D eigenvalue weighted by molar-refractivity contribution is 0.411. The lowest BCUT2D eigenvalue weighted by atomic mass is 10.0. The molecule has 2 heterocycles. The topological polar surface area (TPSA) is 65.9 Å². The largest absolute Gasteiger partial charge is 0.375 e. The molecule has 0 saturated carbocycles. The molecule has 1 aromatic heterocycles. The molecule has 0 radical (unpaired) electrons. The fourth-order valence-corrected chi connectivity index (χ4v) is 2.58. The van der Waals surface area contributed by atoms with Crippen LogP contribution in [-0.2, 0) is 0 Å². The molecule has 0 aromatic carbocycles. The molecule has 1 aliphatic heterocycles. The maximum atomic E-state index is 8.91. The van der Waals surface area contributed by atoms with Gasteiger partial charge in [-0.25, -0.2) is 4.98 Å². The van der Waals surface area contributed by atoms with Crippen LogP contribution >= 0.6 is 11.3 Å². The van der Waals surface area contributed by atoms with Crippen LogP contribution in [-0.4, -0.2) is 30.0 Å². The molecule has 2 rings (SSSR count). The van der Waals surface area contributed by atoms with Crippen LogP contribution in [0.4, 0.5) is 5.13 Å². The SMILES string of the molecule is CN1CCC(c2nc(N)sc2C#N)C1. The van der Waals surface area contributed by atoms with Crippen molar-refractivity contribution in [3.63, 3.8) is 0 Å². The van der Waals surface area contributed by atoms with Gasteiger partial charge in [0.1, 0.15) is 10.9 Å². The molecular formula is C9H12N4S. The molecule has 1 saturated heterocycles. The summed E-state index contributed by atoms with van der Waals surface area (Å²) in [4.78, 5) is 7.18. The first-order chi connectivity index (χ1) is 6.70. The fourth-order valence-electron chi connectivity index (χ4n) is 1.86. The molecule has 14 heavy (non-hydrogen) atoms. The molecule has 1 unspecified atom stereocenters. The minimum absolute atomic E-state index is 0.392. The van der Waals surface area contributed by atoms with Crippen molar-refractivity contribution >= 4 is 16.5 Å². The van der Waals surface area contributed by atoms with Gasteiger partial charge in [0.05, 0.1) is 5.69 Å². The smallest absolute Gasteiger partial charge is 0.181 e. The van der Waals surface area contributed by atoms with Crippen LogP contribution in [0, 0.1) is 11.3 Å². The van der Waals surface area contributed by atoms with Crippen LogP contribution in [0.1, 0.15) is 22.9 Å². The van der Waals surface area contributed by atoms with Gasteiger partial charge in [-0.2, -0.15) is 5.26 Å². The van der Waals surface area contributed by atoms with Crippen LogP contribution in [0.15, 0.2) is 0 Å². The lowest BCUT2D eigenvalue weighted by Crippen LogP contribution is -2.13. The Kier molecular flexibility index (Phi) is 2.40. The molecule has 5 heteroatoms. The molecule has 4 nitrogen and oxygen atoms in total. The van der Waals surface area contributed by atoms with Crippen molar-refractivity contribution in [2.75, 3.05) is 25.9 Å². The summed E-state index contributed by atoms with van der Waals surface area (Å²) in [5.41, 5.74) is 6.50. The third kappa shape index (κ3) is 1.59. The number of hydrogen-bond acceptors (Lipinski definition) is 5. The average Bonchev–Trinajstić information content (AvgIpc) is 2.71. The summed E-state index contributed by atoms with van der Waals surface area (Å²) in [5.74, 6) is 0.392. The van der Waals surface area contributed by atoms with Crippen LogP contribution in [0.3, 0.4) is 0 Å². The number of hydrogen-bond donors (Lipinski definition) is 1. The molecular weight excluding hydrogens is 196 g/mol. The number of anilines is 1. The van der Waals surface area contributed by atoms with E-state index in [2.05, 4.69) is 23.0 Å². The summed E-state index contributed by atoms with van der Waals surface area (Å²) in [6.07, 6.45) is 1.08. The minimum Gasteiger partial charge on any atom is -0.375 e. The van der Waals surface area contributed by atoms with Gasteiger partial charge in [-0.1, -0.05) is 11.3 Å². The van der Waals surface area contributed by atoms with E-state index in [4.69, 9.17) is 11.0 Å². The van der Waals surface area contributed by atoms with Crippen molar-refractivity contribution in [3.8, 4) is 6.07 Å². The first-order valence-electron chi connectivity index (χ1n) is 4.55. The van der Waals surface area contributed by atoms with E-state index in [9.17, 15) is 0 Å².